The van der Waals surface area contributed by atoms with Crippen LogP contribution in [0.25, 0.3) is 0 Å². The summed E-state index contributed by atoms with van der Waals surface area (Å²) in [5, 5.41) is 6.67. The lowest BCUT2D eigenvalue weighted by molar-refractivity contribution is 0.208. The highest BCUT2D eigenvalue weighted by Gasteiger charge is 2.22. The van der Waals surface area contributed by atoms with Crippen LogP contribution in [0.3, 0.4) is 0 Å². The second-order valence-corrected chi connectivity index (χ2v) is 6.45. The molecule has 2 amide bonds. The number of nitrogens with zero attached hydrogens (tertiary/aromatic N) is 2. The van der Waals surface area contributed by atoms with Gasteiger partial charge in [-0.05, 0) is 12.5 Å². The predicted octanol–water partition coefficient (Wildman–Crippen LogP) is 4.20. The van der Waals surface area contributed by atoms with E-state index in [-0.39, 0.29) is 17.5 Å². The summed E-state index contributed by atoms with van der Waals surface area (Å²) in [4.78, 5) is 14.0. The largest absolute Gasteiger partial charge is 0.359 e. The van der Waals surface area contributed by atoms with Gasteiger partial charge >= 0.3 is 6.03 Å². The molecule has 0 saturated carbocycles. The van der Waals surface area contributed by atoms with E-state index in [2.05, 4.69) is 10.5 Å². The fourth-order valence-corrected chi connectivity index (χ4v) is 2.02. The van der Waals surface area contributed by atoms with E-state index >= 15 is 0 Å². The number of anilines is 1. The first-order valence-electron chi connectivity index (χ1n) is 7.35. The van der Waals surface area contributed by atoms with Gasteiger partial charge in [0.15, 0.2) is 5.82 Å². The van der Waals surface area contributed by atoms with Crippen LogP contribution in [-0.2, 0) is 5.41 Å². The maximum absolute atomic E-state index is 12.3. The van der Waals surface area contributed by atoms with Gasteiger partial charge in [0.1, 0.15) is 5.76 Å². The molecule has 1 aromatic carbocycles. The van der Waals surface area contributed by atoms with E-state index in [1.54, 1.807) is 18.0 Å². The molecule has 1 heterocycles. The molecule has 2 aromatic rings. The molecule has 118 valence electrons. The molecule has 0 bridgehead atoms. The molecule has 22 heavy (non-hydrogen) atoms. The number of hydrogen-bond donors (Lipinski definition) is 1. The summed E-state index contributed by atoms with van der Waals surface area (Å²) >= 11 is 0. The van der Waals surface area contributed by atoms with E-state index < -0.39 is 0 Å². The second-order valence-electron chi connectivity index (χ2n) is 6.45. The van der Waals surface area contributed by atoms with Crippen molar-refractivity contribution in [3.63, 3.8) is 0 Å². The fraction of sp³-hybridized carbons (Fsp3) is 0.412. The summed E-state index contributed by atoms with van der Waals surface area (Å²) in [5.74, 6) is 1.17. The van der Waals surface area contributed by atoms with Crippen molar-refractivity contribution in [3.8, 4) is 0 Å². The maximum atomic E-state index is 12.3. The number of urea groups is 1. The van der Waals surface area contributed by atoms with Crippen LogP contribution in [0.5, 0.6) is 0 Å². The van der Waals surface area contributed by atoms with Crippen molar-refractivity contribution in [3.05, 3.63) is 47.7 Å². The topological polar surface area (TPSA) is 58.4 Å². The van der Waals surface area contributed by atoms with E-state index in [0.717, 1.165) is 11.3 Å². The van der Waals surface area contributed by atoms with Crippen molar-refractivity contribution in [2.75, 3.05) is 12.4 Å². The molecule has 0 radical (unpaired) electrons. The molecule has 1 unspecified atom stereocenters. The summed E-state index contributed by atoms with van der Waals surface area (Å²) in [6.45, 7) is 8.08. The lowest BCUT2D eigenvalue weighted by atomic mass is 9.93. The molecule has 5 nitrogen and oxygen atoms in total. The maximum Gasteiger partial charge on any atom is 0.323 e. The number of amides is 2. The number of carbonyl (C=O) groups excluding carboxylic acids is 1. The number of carbonyl (C=O) groups is 1. The zero-order chi connectivity index (χ0) is 16.3. The molecule has 0 saturated heterocycles. The normalized spacial score (nSPS) is 12.8. The van der Waals surface area contributed by atoms with Crippen LogP contribution in [0.2, 0.25) is 0 Å². The molecule has 0 aliphatic rings. The zero-order valence-corrected chi connectivity index (χ0v) is 13.8. The van der Waals surface area contributed by atoms with Gasteiger partial charge in [0.2, 0.25) is 0 Å². The fourth-order valence-electron chi connectivity index (χ4n) is 2.02. The first-order valence-corrected chi connectivity index (χ1v) is 7.35. The van der Waals surface area contributed by atoms with Gasteiger partial charge in [0.25, 0.3) is 0 Å². The van der Waals surface area contributed by atoms with E-state index in [4.69, 9.17) is 4.52 Å². The van der Waals surface area contributed by atoms with Gasteiger partial charge < -0.3 is 9.42 Å². The minimum Gasteiger partial charge on any atom is -0.359 e. The van der Waals surface area contributed by atoms with Crippen LogP contribution in [-0.4, -0.2) is 23.1 Å². The van der Waals surface area contributed by atoms with E-state index in [1.807, 2.05) is 58.0 Å². The van der Waals surface area contributed by atoms with Gasteiger partial charge in [0, 0.05) is 18.5 Å². The Hall–Kier alpha value is -2.30. The van der Waals surface area contributed by atoms with Crippen LogP contribution in [0.4, 0.5) is 10.6 Å². The van der Waals surface area contributed by atoms with Crippen LogP contribution in [0, 0.1) is 0 Å². The Kier molecular flexibility index (Phi) is 4.54. The van der Waals surface area contributed by atoms with Crippen molar-refractivity contribution in [2.45, 2.75) is 39.2 Å². The van der Waals surface area contributed by atoms with Gasteiger partial charge in [-0.1, -0.05) is 56.3 Å². The second kappa shape index (κ2) is 6.22. The van der Waals surface area contributed by atoms with Crippen molar-refractivity contribution in [1.82, 2.24) is 10.1 Å². The highest BCUT2D eigenvalue weighted by Crippen LogP contribution is 2.25. The summed E-state index contributed by atoms with van der Waals surface area (Å²) in [6, 6.07) is 11.4. The lowest BCUT2D eigenvalue weighted by Crippen LogP contribution is -2.33. The molecule has 2 rings (SSSR count). The number of nitrogens with one attached hydrogen (secondary N) is 1. The van der Waals surface area contributed by atoms with Crippen LogP contribution < -0.4 is 5.32 Å². The predicted molar refractivity (Wildman–Crippen MR) is 86.8 cm³/mol. The summed E-state index contributed by atoms with van der Waals surface area (Å²) in [5.41, 5.74) is 0.940. The van der Waals surface area contributed by atoms with E-state index in [0.29, 0.717) is 5.82 Å². The first kappa shape index (κ1) is 16.1. The minimum absolute atomic E-state index is 0.0322. The van der Waals surface area contributed by atoms with Gasteiger partial charge in [-0.15, -0.1) is 0 Å². The van der Waals surface area contributed by atoms with E-state index in [1.165, 1.54) is 0 Å². The van der Waals surface area contributed by atoms with Crippen molar-refractivity contribution < 1.29 is 9.32 Å². The van der Waals surface area contributed by atoms with Crippen LogP contribution >= 0.6 is 0 Å². The molecule has 0 fully saturated rings. The van der Waals surface area contributed by atoms with Crippen LogP contribution in [0.15, 0.2) is 40.9 Å². The molecular weight excluding hydrogens is 278 g/mol. The summed E-state index contributed by atoms with van der Waals surface area (Å²) < 4.78 is 5.27. The molecule has 1 N–H and O–H groups in total. The molecule has 0 aliphatic carbocycles. The van der Waals surface area contributed by atoms with E-state index in [9.17, 15) is 4.79 Å². The Morgan fingerprint density at radius 3 is 2.45 bits per heavy atom. The Bertz CT molecular complexity index is 629. The third-order valence-electron chi connectivity index (χ3n) is 3.67. The molecule has 1 aromatic heterocycles. The third-order valence-corrected chi connectivity index (χ3v) is 3.67. The number of rotatable bonds is 3. The Balaban J connectivity index is 2.04. The third kappa shape index (κ3) is 3.67. The number of aromatic nitrogens is 1. The SMILES string of the molecule is CC(c1ccccc1)N(C)C(=O)Nc1cc(C(C)(C)C)on1. The molecule has 1 atom stereocenters. The van der Waals surface area contributed by atoms with Gasteiger partial charge in [-0.2, -0.15) is 0 Å². The number of hydrogen-bond acceptors (Lipinski definition) is 3. The van der Waals surface area contributed by atoms with Gasteiger partial charge in [-0.25, -0.2) is 4.79 Å². The zero-order valence-electron chi connectivity index (χ0n) is 13.8. The average molecular weight is 301 g/mol. The molecular formula is C17H23N3O2. The van der Waals surface area contributed by atoms with Crippen molar-refractivity contribution >= 4 is 11.8 Å². The molecule has 0 aliphatic heterocycles. The van der Waals surface area contributed by atoms with Gasteiger partial charge in [0.05, 0.1) is 6.04 Å². The smallest absolute Gasteiger partial charge is 0.323 e. The standard InChI is InChI=1S/C17H23N3O2/c1-12(13-9-7-6-8-10-13)20(5)16(21)18-15-11-14(22-19-15)17(2,3)4/h6-12H,1-5H3,(H,18,19,21). The Morgan fingerprint density at radius 1 is 1.27 bits per heavy atom. The molecule has 5 heteroatoms. The highest BCUT2D eigenvalue weighted by atomic mass is 16.5. The first-order chi connectivity index (χ1) is 10.3. The Morgan fingerprint density at radius 2 is 1.91 bits per heavy atom. The number of benzene rings is 1. The quantitative estimate of drug-likeness (QED) is 0.924. The molecule has 0 spiro atoms. The van der Waals surface area contributed by atoms with Crippen molar-refractivity contribution in [2.24, 2.45) is 0 Å². The van der Waals surface area contributed by atoms with Crippen LogP contribution in [0.1, 0.15) is 45.1 Å². The monoisotopic (exact) mass is 301 g/mol. The highest BCUT2D eigenvalue weighted by molar-refractivity contribution is 5.88. The van der Waals surface area contributed by atoms with Gasteiger partial charge in [-0.3, -0.25) is 5.32 Å². The Labute approximate surface area is 131 Å². The summed E-state index contributed by atoms with van der Waals surface area (Å²) in [7, 11) is 1.76. The average Bonchev–Trinajstić information content (AvgIpc) is 2.95. The lowest BCUT2D eigenvalue weighted by Gasteiger charge is -2.25. The summed E-state index contributed by atoms with van der Waals surface area (Å²) in [6.07, 6.45) is 0. The minimum atomic E-state index is -0.217. The van der Waals surface area contributed by atoms with Crippen molar-refractivity contribution in [1.29, 1.82) is 0 Å².